The van der Waals surface area contributed by atoms with E-state index < -0.39 is 63.0 Å². The van der Waals surface area contributed by atoms with Crippen molar-refractivity contribution in [3.8, 4) is 0 Å². The number of benzene rings is 3. The van der Waals surface area contributed by atoms with Gasteiger partial charge in [-0.1, -0.05) is 37.8 Å². The van der Waals surface area contributed by atoms with Gasteiger partial charge in [0.25, 0.3) is 0 Å². The van der Waals surface area contributed by atoms with Crippen molar-refractivity contribution in [3.63, 3.8) is 0 Å². The third-order valence-electron chi connectivity index (χ3n) is 8.12. The molecule has 3 aromatic rings. The van der Waals surface area contributed by atoms with Crippen LogP contribution in [0.1, 0.15) is 47.7 Å². The van der Waals surface area contributed by atoms with E-state index in [2.05, 4.69) is 28.9 Å². The van der Waals surface area contributed by atoms with Crippen molar-refractivity contribution in [1.82, 2.24) is 10.7 Å². The average Bonchev–Trinajstić information content (AvgIpc) is 3.30. The molecule has 0 aliphatic carbocycles. The van der Waals surface area contributed by atoms with E-state index in [-0.39, 0.29) is 50.7 Å². The maximum atomic E-state index is 14.7. The van der Waals surface area contributed by atoms with Gasteiger partial charge in [0.1, 0.15) is 39.0 Å². The number of alkyl halides is 3. The van der Waals surface area contributed by atoms with Crippen LogP contribution >= 0.6 is 11.6 Å². The fourth-order valence-electron chi connectivity index (χ4n) is 5.77. The van der Waals surface area contributed by atoms with Gasteiger partial charge in [-0.3, -0.25) is 4.90 Å². The number of nitrogens with zero attached hydrogens (tertiary/aromatic N) is 3. The molecule has 8 radical (unpaired) electrons. The summed E-state index contributed by atoms with van der Waals surface area (Å²) in [6.45, 7) is 10.4. The second-order valence-corrected chi connectivity index (χ2v) is 12.3. The number of halogens is 6. The van der Waals surface area contributed by atoms with Crippen molar-refractivity contribution < 1.29 is 32.2 Å². The van der Waals surface area contributed by atoms with Crippen LogP contribution in [-0.4, -0.2) is 70.9 Å². The van der Waals surface area contributed by atoms with Crippen LogP contribution in [0.15, 0.2) is 60.4 Å². The Kier molecular flexibility index (Phi) is 10.3. The van der Waals surface area contributed by atoms with Crippen LogP contribution in [-0.2, 0) is 6.18 Å². The number of hydrogen-bond acceptors (Lipinski definition) is 8. The molecule has 0 saturated heterocycles. The number of aliphatic imine (C=N–C) groups is 1. The largest absolute Gasteiger partial charge is 0.418 e. The molecule has 0 bridgehead atoms. The number of hydrazine groups is 1. The van der Waals surface area contributed by atoms with Crippen molar-refractivity contribution in [2.75, 3.05) is 22.6 Å². The molecule has 1 aliphatic heterocycles. The molecule has 4 rings (SSSR count). The number of amidine groups is 1. The van der Waals surface area contributed by atoms with E-state index in [1.54, 1.807) is 0 Å². The molecule has 254 valence electrons. The van der Waals surface area contributed by atoms with Crippen molar-refractivity contribution in [3.05, 3.63) is 99.9 Å². The Labute approximate surface area is 295 Å². The van der Waals surface area contributed by atoms with Gasteiger partial charge in [-0.25, -0.2) is 19.6 Å². The first-order chi connectivity index (χ1) is 22.9. The number of nitrogen functional groups attached to an aromatic ring is 1. The molecule has 0 amide bonds. The molecule has 0 spiro atoms. The number of nitrogens with one attached hydrogen (secondary N) is 2. The fourth-order valence-corrected chi connectivity index (χ4v) is 6.00. The lowest BCUT2D eigenvalue weighted by Crippen LogP contribution is -2.64. The molecule has 0 aromatic heterocycles. The Morgan fingerprint density at radius 3 is 2.16 bits per heavy atom. The van der Waals surface area contributed by atoms with E-state index in [1.807, 2.05) is 0 Å². The minimum absolute atomic E-state index is 0.0615. The van der Waals surface area contributed by atoms with Gasteiger partial charge in [-0.2, -0.15) is 13.2 Å². The molecule has 1 aliphatic rings. The smallest absolute Gasteiger partial charge is 0.404 e. The molecule has 2 unspecified atom stereocenters. The highest BCUT2D eigenvalue weighted by atomic mass is 35.5. The Hall–Kier alpha value is -3.95. The zero-order valence-electron chi connectivity index (χ0n) is 27.0. The first kappa shape index (κ1) is 38.8. The van der Waals surface area contributed by atoms with Crippen LogP contribution in [0.4, 0.5) is 44.7 Å². The van der Waals surface area contributed by atoms with Crippen LogP contribution in [0.3, 0.4) is 0 Å². The number of anilines is 3. The summed E-state index contributed by atoms with van der Waals surface area (Å²) < 4.78 is 70.9. The van der Waals surface area contributed by atoms with E-state index in [4.69, 9.17) is 54.6 Å². The topological polar surface area (TPSA) is 135 Å². The third kappa shape index (κ3) is 6.74. The third-order valence-corrected chi connectivity index (χ3v) is 8.46. The molecule has 50 heavy (non-hydrogen) atoms. The minimum Gasteiger partial charge on any atom is -0.404 e. The van der Waals surface area contributed by atoms with Crippen LogP contribution < -0.4 is 32.1 Å². The first-order valence-electron chi connectivity index (χ1n) is 14.5. The molecule has 0 fully saturated rings. The highest BCUT2D eigenvalue weighted by Crippen LogP contribution is 2.55. The molecular formula is C31H29B4ClF5N7O2. The van der Waals surface area contributed by atoms with E-state index in [1.165, 1.54) is 37.1 Å². The predicted molar refractivity (Wildman–Crippen MR) is 189 cm³/mol. The van der Waals surface area contributed by atoms with Crippen molar-refractivity contribution in [2.45, 2.75) is 42.5 Å². The molecule has 3 aromatic carbocycles. The van der Waals surface area contributed by atoms with Gasteiger partial charge in [-0.05, 0) is 61.3 Å². The lowest BCUT2D eigenvalue weighted by Gasteiger charge is -2.46. The Morgan fingerprint density at radius 2 is 1.66 bits per heavy atom. The van der Waals surface area contributed by atoms with E-state index in [9.17, 15) is 32.2 Å². The number of hydrogen-bond donors (Lipinski definition) is 6. The van der Waals surface area contributed by atoms with Crippen molar-refractivity contribution in [1.29, 1.82) is 0 Å². The van der Waals surface area contributed by atoms with Gasteiger partial charge in [0.15, 0.2) is 5.72 Å². The summed E-state index contributed by atoms with van der Waals surface area (Å²) in [6.07, 6.45) is -3.74. The first-order valence-corrected chi connectivity index (χ1v) is 14.9. The number of rotatable bonds is 9. The fraction of sp³-hybridized carbons (Fsp3) is 0.258. The SMILES string of the molecule is [B]C([B])(C)N1C(=C)N(C(C)(O)C([B])([B])O)c2cc(N=C(NN)c3cc(F)cc(C(F)(F)F)c3N)c(C(NC)c3cc(F)ccc3Cl)c(C=C)c21. The second kappa shape index (κ2) is 13.3. The molecule has 2 atom stereocenters. The second-order valence-electron chi connectivity index (χ2n) is 11.9. The van der Waals surface area contributed by atoms with Gasteiger partial charge >= 0.3 is 6.18 Å². The van der Waals surface area contributed by atoms with Crippen LogP contribution in [0.5, 0.6) is 0 Å². The Bertz CT molecular complexity index is 1900. The monoisotopic (exact) mass is 705 g/mol. The normalized spacial score (nSPS) is 15.9. The standard InChI is InChI=1S/C31H29B4ClF5N7O2/c1-6-16-23(25(44-5)17-9-14(37)7-8-20(17)36)21(45-27(46-43)18-10-15(38)11-19(24(18)42)30(39,40)41)12-22-26(16)48(29(4,32)33)13(2)47(22)28(3,49)31(34,35)50/h6-12,25,44,49-50H,1-2,42-43H2,3-5H3,(H,45,46). The van der Waals surface area contributed by atoms with Gasteiger partial charge in [-0.15, -0.1) is 0 Å². The highest BCUT2D eigenvalue weighted by molar-refractivity contribution is 6.42. The summed E-state index contributed by atoms with van der Waals surface area (Å²) in [6, 6.07) is 4.63. The molecule has 19 heteroatoms. The number of aliphatic hydroxyl groups is 2. The van der Waals surface area contributed by atoms with Crippen LogP contribution in [0.2, 0.25) is 5.02 Å². The zero-order valence-corrected chi connectivity index (χ0v) is 27.8. The average molecular weight is 705 g/mol. The number of fused-ring (bicyclic) bond motifs is 1. The van der Waals surface area contributed by atoms with E-state index in [0.29, 0.717) is 6.07 Å². The maximum absolute atomic E-state index is 14.7. The van der Waals surface area contributed by atoms with Crippen molar-refractivity contribution in [2.24, 2.45) is 10.8 Å². The lowest BCUT2D eigenvalue weighted by atomic mass is 9.59. The zero-order chi connectivity index (χ0) is 37.9. The Morgan fingerprint density at radius 1 is 1.04 bits per heavy atom. The summed E-state index contributed by atoms with van der Waals surface area (Å²) in [4.78, 5) is 6.75. The predicted octanol–water partition coefficient (Wildman–Crippen LogP) is 3.51. The minimum atomic E-state index is -5.06. The van der Waals surface area contributed by atoms with Crippen LogP contribution in [0.25, 0.3) is 6.08 Å². The van der Waals surface area contributed by atoms with Gasteiger partial charge < -0.3 is 31.6 Å². The summed E-state index contributed by atoms with van der Waals surface area (Å²) in [5.74, 6) is 3.06. The summed E-state index contributed by atoms with van der Waals surface area (Å²) in [7, 11) is 25.8. The van der Waals surface area contributed by atoms with Gasteiger partial charge in [0, 0.05) is 27.1 Å². The van der Waals surface area contributed by atoms with E-state index >= 15 is 0 Å². The van der Waals surface area contributed by atoms with Crippen molar-refractivity contribution >= 4 is 77.6 Å². The summed E-state index contributed by atoms with van der Waals surface area (Å²) in [5.41, 5.74) is 2.74. The van der Waals surface area contributed by atoms with Gasteiger partial charge in [0.2, 0.25) is 0 Å². The summed E-state index contributed by atoms with van der Waals surface area (Å²) >= 11 is 6.54. The van der Waals surface area contributed by atoms with Gasteiger partial charge in [0.05, 0.1) is 50.0 Å². The van der Waals surface area contributed by atoms with E-state index in [0.717, 1.165) is 24.0 Å². The molecule has 9 nitrogen and oxygen atoms in total. The van der Waals surface area contributed by atoms with Crippen LogP contribution in [0, 0.1) is 11.6 Å². The molecule has 0 saturated carbocycles. The number of nitrogens with two attached hydrogens (primary N) is 2. The summed E-state index contributed by atoms with van der Waals surface area (Å²) in [5, 5.41) is 20.7. The molecular weight excluding hydrogens is 676 g/mol. The maximum Gasteiger partial charge on any atom is 0.418 e. The molecule has 1 heterocycles. The Balaban J connectivity index is 2.26. The highest BCUT2D eigenvalue weighted by Gasteiger charge is 2.51. The lowest BCUT2D eigenvalue weighted by molar-refractivity contribution is -0.137. The quantitative estimate of drug-likeness (QED) is 0.0379. The molecule has 8 N–H and O–H groups in total.